The van der Waals surface area contributed by atoms with Gasteiger partial charge < -0.3 is 15.2 Å². The molecular weight excluding hydrogens is 447 g/mol. The molecule has 0 radical (unpaired) electrons. The molecule has 1 fully saturated rings. The predicted molar refractivity (Wildman–Crippen MR) is 119 cm³/mol. The highest BCUT2D eigenvalue weighted by molar-refractivity contribution is 7.90. The van der Waals surface area contributed by atoms with E-state index in [1.54, 1.807) is 35.2 Å². The van der Waals surface area contributed by atoms with Gasteiger partial charge in [-0.3, -0.25) is 4.79 Å². The van der Waals surface area contributed by atoms with Gasteiger partial charge in [0, 0.05) is 30.8 Å². The van der Waals surface area contributed by atoms with Crippen molar-refractivity contribution in [1.82, 2.24) is 15.0 Å². The molecule has 8 nitrogen and oxygen atoms in total. The number of aromatic nitrogens is 2. The second-order valence-electron chi connectivity index (χ2n) is 8.26. The van der Waals surface area contributed by atoms with Crippen molar-refractivity contribution in [3.05, 3.63) is 65.8 Å². The molecule has 4 rings (SSSR count). The Labute approximate surface area is 191 Å². The summed E-state index contributed by atoms with van der Waals surface area (Å²) >= 11 is 0. The zero-order valence-electron chi connectivity index (χ0n) is 18.1. The monoisotopic (exact) mass is 472 g/mol. The number of halogens is 1. The molecule has 2 atom stereocenters. The Morgan fingerprint density at radius 3 is 2.67 bits per heavy atom. The molecule has 174 valence electrons. The van der Waals surface area contributed by atoms with Crippen LogP contribution in [0.1, 0.15) is 36.8 Å². The maximum absolute atomic E-state index is 13.9. The van der Waals surface area contributed by atoms with Gasteiger partial charge in [0.15, 0.2) is 9.84 Å². The molecular formula is C23H25FN4O4S. The highest BCUT2D eigenvalue weighted by atomic mass is 32.2. The largest absolute Gasteiger partial charge is 0.337 e. The average Bonchev–Trinajstić information content (AvgIpc) is 3.44. The van der Waals surface area contributed by atoms with Gasteiger partial charge in [0.2, 0.25) is 17.6 Å². The molecule has 2 N–H and O–H groups in total. The molecule has 0 unspecified atom stereocenters. The van der Waals surface area contributed by atoms with Crippen LogP contribution in [0.4, 0.5) is 4.39 Å². The van der Waals surface area contributed by atoms with Crippen molar-refractivity contribution in [2.24, 2.45) is 5.73 Å². The Bertz CT molecular complexity index is 1240. The Kier molecular flexibility index (Phi) is 6.57. The van der Waals surface area contributed by atoms with Crippen LogP contribution in [0.3, 0.4) is 0 Å². The van der Waals surface area contributed by atoms with E-state index in [2.05, 4.69) is 10.1 Å². The summed E-state index contributed by atoms with van der Waals surface area (Å²) in [5.74, 6) is 0.173. The van der Waals surface area contributed by atoms with Crippen LogP contribution >= 0.6 is 0 Å². The van der Waals surface area contributed by atoms with E-state index in [9.17, 15) is 17.6 Å². The first-order valence-corrected chi connectivity index (χ1v) is 12.5. The summed E-state index contributed by atoms with van der Waals surface area (Å²) in [6.07, 6.45) is 2.97. The van der Waals surface area contributed by atoms with E-state index in [0.29, 0.717) is 35.8 Å². The third kappa shape index (κ3) is 5.28. The van der Waals surface area contributed by atoms with Crippen LogP contribution in [0.2, 0.25) is 0 Å². The lowest BCUT2D eigenvalue weighted by atomic mass is 10.0. The number of likely N-dealkylation sites (tertiary alicyclic amines) is 1. The second kappa shape index (κ2) is 9.40. The van der Waals surface area contributed by atoms with Crippen LogP contribution in [0.25, 0.3) is 11.4 Å². The first-order valence-electron chi connectivity index (χ1n) is 10.6. The molecule has 10 heteroatoms. The molecule has 1 amide bonds. The first-order chi connectivity index (χ1) is 15.7. The van der Waals surface area contributed by atoms with Crippen LogP contribution in [-0.2, 0) is 21.1 Å². The molecule has 33 heavy (non-hydrogen) atoms. The molecule has 1 aliphatic rings. The minimum absolute atomic E-state index is 0.0821. The molecule has 2 heterocycles. The van der Waals surface area contributed by atoms with Crippen molar-refractivity contribution in [2.45, 2.75) is 42.7 Å². The van der Waals surface area contributed by atoms with Crippen molar-refractivity contribution in [1.29, 1.82) is 0 Å². The molecule has 1 aliphatic heterocycles. The lowest BCUT2D eigenvalue weighted by molar-refractivity contribution is -0.132. The summed E-state index contributed by atoms with van der Waals surface area (Å²) in [6.45, 7) is 0.552. The van der Waals surface area contributed by atoms with Crippen LogP contribution in [0.5, 0.6) is 0 Å². The van der Waals surface area contributed by atoms with Gasteiger partial charge in [0.1, 0.15) is 11.9 Å². The number of sulfone groups is 1. The number of nitrogens with zero attached hydrogens (tertiary/aromatic N) is 3. The fraction of sp³-hybridized carbons (Fsp3) is 0.348. The van der Waals surface area contributed by atoms with Crippen molar-refractivity contribution >= 4 is 15.7 Å². The van der Waals surface area contributed by atoms with Gasteiger partial charge in [-0.15, -0.1) is 0 Å². The standard InChI is InChI=1S/C23H25FN4O4S/c1-33(30,31)18-10-8-15(9-11-18)22-26-23(32-27-22)20-7-4-12-28(20)21(29)14-17(25)13-16-5-2-3-6-19(16)24/h2-3,5-6,8-11,17,20H,4,7,12-14,25H2,1H3/t17-,20+/m1/s1. The van der Waals surface area contributed by atoms with Crippen LogP contribution in [0, 0.1) is 5.82 Å². The highest BCUT2D eigenvalue weighted by Gasteiger charge is 2.34. The molecule has 3 aromatic rings. The summed E-state index contributed by atoms with van der Waals surface area (Å²) in [5.41, 5.74) is 7.24. The summed E-state index contributed by atoms with van der Waals surface area (Å²) in [4.78, 5) is 19.3. The van der Waals surface area contributed by atoms with E-state index in [4.69, 9.17) is 10.3 Å². The number of rotatable bonds is 7. The number of nitrogens with two attached hydrogens (primary N) is 1. The number of amides is 1. The summed E-state index contributed by atoms with van der Waals surface area (Å²) in [6, 6.07) is 11.7. The van der Waals surface area contributed by atoms with Gasteiger partial charge in [-0.1, -0.05) is 23.4 Å². The van der Waals surface area contributed by atoms with E-state index in [0.717, 1.165) is 12.7 Å². The second-order valence-corrected chi connectivity index (χ2v) is 10.3. The number of hydrogen-bond donors (Lipinski definition) is 1. The van der Waals surface area contributed by atoms with Gasteiger partial charge >= 0.3 is 0 Å². The van der Waals surface area contributed by atoms with Gasteiger partial charge in [0.05, 0.1) is 4.90 Å². The van der Waals surface area contributed by atoms with Crippen LogP contribution < -0.4 is 5.73 Å². The normalized spacial score (nSPS) is 17.3. The highest BCUT2D eigenvalue weighted by Crippen LogP contribution is 2.33. The van der Waals surface area contributed by atoms with Crippen molar-refractivity contribution in [3.8, 4) is 11.4 Å². The topological polar surface area (TPSA) is 119 Å². The van der Waals surface area contributed by atoms with Gasteiger partial charge in [-0.25, -0.2) is 12.8 Å². The fourth-order valence-electron chi connectivity index (χ4n) is 4.02. The maximum atomic E-state index is 13.9. The minimum atomic E-state index is -3.30. The third-order valence-corrected chi connectivity index (χ3v) is 6.85. The van der Waals surface area contributed by atoms with Gasteiger partial charge in [-0.2, -0.15) is 4.98 Å². The molecule has 1 saturated heterocycles. The Hall–Kier alpha value is -3.11. The number of carbonyl (C=O) groups excluding carboxylic acids is 1. The smallest absolute Gasteiger partial charge is 0.249 e. The van der Waals surface area contributed by atoms with Crippen LogP contribution in [0.15, 0.2) is 57.9 Å². The quantitative estimate of drug-likeness (QED) is 0.561. The SMILES string of the molecule is CS(=O)(=O)c1ccc(-c2noc([C@@H]3CCCN3C(=O)C[C@H](N)Cc3ccccc3F)n2)cc1. The molecule has 0 bridgehead atoms. The average molecular weight is 473 g/mol. The number of carbonyl (C=O) groups is 1. The number of benzene rings is 2. The maximum Gasteiger partial charge on any atom is 0.249 e. The Balaban J connectivity index is 1.43. The van der Waals surface area contributed by atoms with E-state index in [1.165, 1.54) is 18.2 Å². The molecule has 0 saturated carbocycles. The van der Waals surface area contributed by atoms with Crippen molar-refractivity contribution < 1.29 is 22.1 Å². The van der Waals surface area contributed by atoms with E-state index < -0.39 is 15.9 Å². The van der Waals surface area contributed by atoms with Crippen LogP contribution in [-0.4, -0.2) is 48.2 Å². The molecule has 1 aromatic heterocycles. The van der Waals surface area contributed by atoms with Crippen molar-refractivity contribution in [2.75, 3.05) is 12.8 Å². The third-order valence-electron chi connectivity index (χ3n) is 5.72. The van der Waals surface area contributed by atoms with Crippen molar-refractivity contribution in [3.63, 3.8) is 0 Å². The van der Waals surface area contributed by atoms with E-state index >= 15 is 0 Å². The zero-order chi connectivity index (χ0) is 23.6. The van der Waals surface area contributed by atoms with E-state index in [1.807, 2.05) is 0 Å². The summed E-state index contributed by atoms with van der Waals surface area (Å²) < 4.78 is 42.6. The predicted octanol–water partition coefficient (Wildman–Crippen LogP) is 2.90. The molecule has 0 spiro atoms. The molecule has 2 aromatic carbocycles. The van der Waals surface area contributed by atoms with E-state index in [-0.39, 0.29) is 35.5 Å². The lowest BCUT2D eigenvalue weighted by Crippen LogP contribution is -2.36. The summed E-state index contributed by atoms with van der Waals surface area (Å²) in [5, 5.41) is 4.00. The number of hydrogen-bond acceptors (Lipinski definition) is 7. The lowest BCUT2D eigenvalue weighted by Gasteiger charge is -2.23. The Morgan fingerprint density at radius 2 is 1.97 bits per heavy atom. The zero-order valence-corrected chi connectivity index (χ0v) is 19.0. The van der Waals surface area contributed by atoms with Gasteiger partial charge in [0.25, 0.3) is 0 Å². The first kappa shape index (κ1) is 23.1. The molecule has 0 aliphatic carbocycles. The minimum Gasteiger partial charge on any atom is -0.337 e. The Morgan fingerprint density at radius 1 is 1.24 bits per heavy atom. The fourth-order valence-corrected chi connectivity index (χ4v) is 4.65. The summed E-state index contributed by atoms with van der Waals surface area (Å²) in [7, 11) is -3.30. The van der Waals surface area contributed by atoms with Gasteiger partial charge in [-0.05, 0) is 55.2 Å².